The van der Waals surface area contributed by atoms with Crippen LogP contribution < -0.4 is 0 Å². The van der Waals surface area contributed by atoms with Crippen LogP contribution in [0.15, 0.2) is 570 Å². The molecule has 0 aliphatic rings. The minimum absolute atomic E-state index is 1.15. The topological polar surface area (TPSA) is 29.6 Å². The summed E-state index contributed by atoms with van der Waals surface area (Å²) in [6.07, 6.45) is 0. The molecule has 148 heavy (non-hydrogen) atoms. The smallest absolute Gasteiger partial charge is 0.0547 e. The summed E-state index contributed by atoms with van der Waals surface area (Å²) in [6.45, 7) is 0. The molecule has 0 aliphatic carbocycles. The summed E-state index contributed by atoms with van der Waals surface area (Å²) in [5.74, 6) is 0. The van der Waals surface area contributed by atoms with Crippen LogP contribution in [-0.2, 0) is 0 Å². The first-order valence-electron chi connectivity index (χ1n) is 50.9. The van der Waals surface area contributed by atoms with Gasteiger partial charge in [-0.1, -0.05) is 425 Å². The highest BCUT2D eigenvalue weighted by Crippen LogP contribution is 2.46. The standard InChI is InChI=1S/2C48H32N2.C46H30N2/c1-3-12-33(13-4-1)35-22-26-39(27-23-35)49-45-20-9-7-18-41(45)43-28-24-37(31-47(43)49)38-25-29-44-42-19-8-10-21-46(42)50(48(44)32-38)40-17-11-16-36(30-40)34-14-5-2-6-15-34;1-3-11-33(12-4-1)35-19-25-39(26-20-35)49-45-17-9-7-15-41(45)43-29-23-37(31-47(43)49)38-24-30-44-42-16-8-10-18-46(42)50(48(44)32-38)40-27-21-36(22-28-40)34-13-5-2-6-14-34;1-2-10-31(11-3-1)33-18-23-37(24-19-33)47-43-16-8-6-14-39(43)41-26-21-35(29-45(41)47)36-22-27-42-40-15-7-9-17-44(40)48(46(42)30-36)38-25-20-32-12-4-5-13-34(32)28-38/h2*1-32H;1-30H. The quantitative estimate of drug-likeness (QED) is 0.104. The van der Waals surface area contributed by atoms with Gasteiger partial charge in [0.2, 0.25) is 0 Å². The van der Waals surface area contributed by atoms with E-state index in [-0.39, 0.29) is 0 Å². The molecule has 0 saturated carbocycles. The molecule has 6 aromatic heterocycles. The molecular formula is C142H94N6. The van der Waals surface area contributed by atoms with Gasteiger partial charge in [-0.2, -0.15) is 0 Å². The van der Waals surface area contributed by atoms with Crippen LogP contribution >= 0.6 is 0 Å². The average Bonchev–Trinajstić information content (AvgIpc) is 1.58. The van der Waals surface area contributed by atoms with Gasteiger partial charge in [-0.15, -0.1) is 0 Å². The van der Waals surface area contributed by atoms with Crippen molar-refractivity contribution in [3.8, 4) is 123 Å². The monoisotopic (exact) mass is 1880 g/mol. The molecule has 0 aliphatic heterocycles. The highest BCUT2D eigenvalue weighted by molar-refractivity contribution is 6.17. The zero-order valence-electron chi connectivity index (χ0n) is 81.0. The normalized spacial score (nSPS) is 11.6. The second-order valence-electron chi connectivity index (χ2n) is 38.6. The Hall–Kier alpha value is -19.7. The molecule has 0 radical (unpaired) electrons. The van der Waals surface area contributed by atoms with Crippen LogP contribution in [0.5, 0.6) is 0 Å². The summed E-state index contributed by atoms with van der Waals surface area (Å²) in [6, 6.07) is 207. The molecule has 0 saturated heterocycles. The van der Waals surface area contributed by atoms with Gasteiger partial charge in [0, 0.05) is 98.8 Å². The van der Waals surface area contributed by atoms with Gasteiger partial charge in [-0.3, -0.25) is 0 Å². The summed E-state index contributed by atoms with van der Waals surface area (Å²) in [5.41, 5.74) is 40.8. The Bertz CT molecular complexity index is 10200. The van der Waals surface area contributed by atoms with Gasteiger partial charge in [0.15, 0.2) is 0 Å². The summed E-state index contributed by atoms with van der Waals surface area (Å²) >= 11 is 0. The van der Waals surface area contributed by atoms with Gasteiger partial charge in [0.25, 0.3) is 0 Å². The SMILES string of the molecule is c1ccc(-c2ccc(-n3c4ccccc4c4ccc(-c5ccc6c7ccccc7n(-c7ccc(-c8ccccc8)cc7)c6c5)cc43)cc2)cc1.c1ccc(-c2ccc(-n3c4ccccc4c4ccc(-c5ccc6c7ccccc7n(-c7ccc8ccccc8c7)c6c5)cc43)cc2)cc1.c1ccc(-c2ccc(-n3c4ccccc4c4ccc(-c5ccc6c7ccccc7n(-c7cccc(-c8ccccc8)c7)c6c5)cc43)cc2)cc1. The molecule has 6 nitrogen and oxygen atoms in total. The van der Waals surface area contributed by atoms with E-state index in [1.54, 1.807) is 0 Å². The first-order valence-corrected chi connectivity index (χ1v) is 50.9. The van der Waals surface area contributed by atoms with Crippen molar-refractivity contribution in [1.82, 2.24) is 27.4 Å². The van der Waals surface area contributed by atoms with Gasteiger partial charge in [0.1, 0.15) is 0 Å². The van der Waals surface area contributed by atoms with E-state index >= 15 is 0 Å². The first kappa shape index (κ1) is 86.2. The van der Waals surface area contributed by atoms with Crippen LogP contribution in [0.1, 0.15) is 0 Å². The van der Waals surface area contributed by atoms with Gasteiger partial charge in [-0.25, -0.2) is 0 Å². The number of para-hydroxylation sites is 6. The predicted molar refractivity (Wildman–Crippen MR) is 626 cm³/mol. The molecule has 0 unspecified atom stereocenters. The average molecular weight is 1880 g/mol. The van der Waals surface area contributed by atoms with E-state index in [0.29, 0.717) is 0 Å². The van der Waals surface area contributed by atoms with Crippen molar-refractivity contribution < 1.29 is 0 Å². The number of aromatic nitrogens is 6. The Morgan fingerprint density at radius 2 is 0.250 bits per heavy atom. The molecule has 30 aromatic rings. The summed E-state index contributed by atoms with van der Waals surface area (Å²) in [5, 5.41) is 17.6. The molecule has 24 aromatic carbocycles. The van der Waals surface area contributed by atoms with Crippen molar-refractivity contribution >= 4 is 142 Å². The predicted octanol–water partition coefficient (Wildman–Crippen LogP) is 38.1. The van der Waals surface area contributed by atoms with Crippen LogP contribution in [-0.4, -0.2) is 27.4 Å². The van der Waals surface area contributed by atoms with Crippen molar-refractivity contribution in [1.29, 1.82) is 0 Å². The molecule has 0 bridgehead atoms. The lowest BCUT2D eigenvalue weighted by Crippen LogP contribution is -1.95. The third-order valence-corrected chi connectivity index (χ3v) is 30.2. The van der Waals surface area contributed by atoms with E-state index in [0.717, 1.165) is 28.4 Å². The minimum Gasteiger partial charge on any atom is -0.309 e. The summed E-state index contributed by atoms with van der Waals surface area (Å²) in [7, 11) is 0. The van der Waals surface area contributed by atoms with Crippen LogP contribution in [0, 0.1) is 0 Å². The molecule has 30 rings (SSSR count). The maximum atomic E-state index is 2.42. The van der Waals surface area contributed by atoms with Crippen molar-refractivity contribution in [3.63, 3.8) is 0 Å². The minimum atomic E-state index is 1.15. The number of hydrogen-bond acceptors (Lipinski definition) is 0. The van der Waals surface area contributed by atoms with E-state index in [2.05, 4.69) is 598 Å². The number of rotatable bonds is 14. The van der Waals surface area contributed by atoms with E-state index in [4.69, 9.17) is 0 Å². The Balaban J connectivity index is 0.000000107. The fourth-order valence-electron chi connectivity index (χ4n) is 23.1. The Kier molecular flexibility index (Phi) is 21.2. The Morgan fingerprint density at radius 3 is 0.507 bits per heavy atom. The third kappa shape index (κ3) is 15.1. The van der Waals surface area contributed by atoms with Crippen LogP contribution in [0.2, 0.25) is 0 Å². The summed E-state index contributed by atoms with van der Waals surface area (Å²) in [4.78, 5) is 0. The van der Waals surface area contributed by atoms with E-state index in [9.17, 15) is 0 Å². The molecule has 6 heterocycles. The van der Waals surface area contributed by atoms with E-state index in [1.807, 2.05) is 0 Å². The largest absolute Gasteiger partial charge is 0.309 e. The number of nitrogens with zero attached hydrogens (tertiary/aromatic N) is 6. The Morgan fingerprint density at radius 1 is 0.0811 bits per heavy atom. The molecule has 0 N–H and O–H groups in total. The lowest BCUT2D eigenvalue weighted by atomic mass is 10.0. The van der Waals surface area contributed by atoms with Crippen molar-refractivity contribution in [2.45, 2.75) is 0 Å². The van der Waals surface area contributed by atoms with Crippen LogP contribution in [0.3, 0.4) is 0 Å². The second kappa shape index (κ2) is 36.4. The van der Waals surface area contributed by atoms with E-state index in [1.165, 1.54) is 236 Å². The van der Waals surface area contributed by atoms with Gasteiger partial charge in [0.05, 0.1) is 66.2 Å². The van der Waals surface area contributed by atoms with Gasteiger partial charge in [-0.05, 0) is 245 Å². The number of fused-ring (bicyclic) bond motifs is 19. The fourth-order valence-corrected chi connectivity index (χ4v) is 23.1. The molecule has 0 amide bonds. The van der Waals surface area contributed by atoms with Crippen molar-refractivity contribution in [2.24, 2.45) is 0 Å². The van der Waals surface area contributed by atoms with Crippen LogP contribution in [0.25, 0.3) is 265 Å². The number of benzene rings is 24. The van der Waals surface area contributed by atoms with Crippen molar-refractivity contribution in [3.05, 3.63) is 570 Å². The zero-order chi connectivity index (χ0) is 97.6. The molecule has 0 atom stereocenters. The maximum absolute atomic E-state index is 2.42. The Labute approximate surface area is 856 Å². The third-order valence-electron chi connectivity index (χ3n) is 30.2. The molecule has 692 valence electrons. The van der Waals surface area contributed by atoms with E-state index < -0.39 is 0 Å². The second-order valence-corrected chi connectivity index (χ2v) is 38.6. The lowest BCUT2D eigenvalue weighted by Gasteiger charge is -2.12. The van der Waals surface area contributed by atoms with Crippen molar-refractivity contribution in [2.75, 3.05) is 0 Å². The number of hydrogen-bond donors (Lipinski definition) is 0. The molecule has 0 spiro atoms. The zero-order valence-corrected chi connectivity index (χ0v) is 81.0. The highest BCUT2D eigenvalue weighted by Gasteiger charge is 2.24. The van der Waals surface area contributed by atoms with Gasteiger partial charge < -0.3 is 27.4 Å². The summed E-state index contributed by atoms with van der Waals surface area (Å²) < 4.78 is 14.5. The lowest BCUT2D eigenvalue weighted by molar-refractivity contribution is 1.18. The maximum Gasteiger partial charge on any atom is 0.0547 e. The van der Waals surface area contributed by atoms with Crippen LogP contribution in [0.4, 0.5) is 0 Å². The molecule has 6 heteroatoms. The first-order chi connectivity index (χ1) is 73.4. The molecular weight excluding hydrogens is 1790 g/mol. The molecule has 0 fully saturated rings. The highest BCUT2D eigenvalue weighted by atomic mass is 15.0. The fraction of sp³-hybridized carbons (Fsp3) is 0. The van der Waals surface area contributed by atoms with Gasteiger partial charge >= 0.3 is 0 Å².